The molecule has 0 bridgehead atoms. The Bertz CT molecular complexity index is 833. The number of aromatic nitrogens is 1. The molecule has 1 aliphatic heterocycles. The third-order valence-corrected chi connectivity index (χ3v) is 5.91. The Labute approximate surface area is 164 Å². The molecule has 2 aromatic rings. The third-order valence-electron chi connectivity index (χ3n) is 5.91. The Hall–Kier alpha value is -2.49. The van der Waals surface area contributed by atoms with Gasteiger partial charge in [0.2, 0.25) is 5.88 Å². The summed E-state index contributed by atoms with van der Waals surface area (Å²) in [5.74, 6) is 0.636. The van der Waals surface area contributed by atoms with Gasteiger partial charge in [-0.3, -0.25) is 4.90 Å². The van der Waals surface area contributed by atoms with E-state index in [1.54, 1.807) is 12.1 Å². The highest BCUT2D eigenvalue weighted by Crippen LogP contribution is 2.39. The molecule has 2 fully saturated rings. The molecule has 1 aromatic carbocycles. The number of halogens is 1. The second-order valence-electron chi connectivity index (χ2n) is 7.84. The molecule has 3 unspecified atom stereocenters. The van der Waals surface area contributed by atoms with E-state index in [1.165, 1.54) is 18.3 Å². The molecule has 2 aliphatic rings. The summed E-state index contributed by atoms with van der Waals surface area (Å²) in [6.07, 6.45) is 5.49. The number of likely N-dealkylation sites (tertiary alicyclic amines) is 1. The van der Waals surface area contributed by atoms with E-state index in [0.29, 0.717) is 17.4 Å². The molecule has 2 heterocycles. The number of nitrogens with two attached hydrogens (primary N) is 1. The van der Waals surface area contributed by atoms with Crippen molar-refractivity contribution >= 4 is 0 Å². The fourth-order valence-corrected chi connectivity index (χ4v) is 4.51. The lowest BCUT2D eigenvalue weighted by Gasteiger charge is -2.37. The molecule has 1 saturated carbocycles. The lowest BCUT2D eigenvalue weighted by atomic mass is 9.97. The first kappa shape index (κ1) is 18.9. The van der Waals surface area contributed by atoms with Crippen molar-refractivity contribution in [3.05, 3.63) is 59.5 Å². The topological polar surface area (TPSA) is 75.2 Å². The van der Waals surface area contributed by atoms with Crippen LogP contribution in [0.3, 0.4) is 0 Å². The minimum absolute atomic E-state index is 0.0132. The number of nitriles is 1. The summed E-state index contributed by atoms with van der Waals surface area (Å²) in [5.41, 5.74) is 7.88. The van der Waals surface area contributed by atoms with Gasteiger partial charge in [0.1, 0.15) is 18.0 Å². The molecule has 1 aromatic heterocycles. The van der Waals surface area contributed by atoms with E-state index in [1.807, 2.05) is 12.1 Å². The van der Waals surface area contributed by atoms with E-state index >= 15 is 0 Å². The van der Waals surface area contributed by atoms with Gasteiger partial charge in [-0.2, -0.15) is 5.26 Å². The molecular weight excluding hydrogens is 355 g/mol. The van der Waals surface area contributed by atoms with Crippen molar-refractivity contribution in [3.8, 4) is 11.9 Å². The molecule has 28 heavy (non-hydrogen) atoms. The number of hydrogen-bond acceptors (Lipinski definition) is 5. The Morgan fingerprint density at radius 1 is 1.18 bits per heavy atom. The van der Waals surface area contributed by atoms with Crippen molar-refractivity contribution in [2.45, 2.75) is 49.8 Å². The van der Waals surface area contributed by atoms with E-state index in [0.717, 1.165) is 44.3 Å². The number of nitrogens with zero attached hydrogens (tertiary/aromatic N) is 3. The molecule has 1 aliphatic carbocycles. The number of rotatable bonds is 4. The van der Waals surface area contributed by atoms with Gasteiger partial charge in [-0.15, -0.1) is 0 Å². The van der Waals surface area contributed by atoms with E-state index < -0.39 is 0 Å². The Morgan fingerprint density at radius 2 is 2.00 bits per heavy atom. The minimum atomic E-state index is -0.213. The first-order valence-corrected chi connectivity index (χ1v) is 9.90. The summed E-state index contributed by atoms with van der Waals surface area (Å²) in [7, 11) is 0. The Kier molecular flexibility index (Phi) is 5.56. The molecule has 4 rings (SSSR count). The SMILES string of the molecule is N#Cc1ccc(OC2CC(c3ccc(F)cc3)CC2N2CCC[C@@H](N)C2)nc1. The zero-order valence-corrected chi connectivity index (χ0v) is 15.8. The fraction of sp³-hybridized carbons (Fsp3) is 0.455. The average Bonchev–Trinajstić information content (AvgIpc) is 3.13. The van der Waals surface area contributed by atoms with E-state index in [4.69, 9.17) is 15.7 Å². The quantitative estimate of drug-likeness (QED) is 0.882. The summed E-state index contributed by atoms with van der Waals surface area (Å²) in [6.45, 7) is 1.90. The maximum atomic E-state index is 13.3. The molecule has 1 saturated heterocycles. The average molecular weight is 380 g/mol. The monoisotopic (exact) mass is 380 g/mol. The molecule has 6 heteroatoms. The van der Waals surface area contributed by atoms with Crippen LogP contribution in [0.25, 0.3) is 0 Å². The Balaban J connectivity index is 1.54. The highest BCUT2D eigenvalue weighted by Gasteiger charge is 2.41. The van der Waals surface area contributed by atoms with Gasteiger partial charge in [-0.05, 0) is 61.9 Å². The van der Waals surface area contributed by atoms with Crippen LogP contribution in [0.2, 0.25) is 0 Å². The summed E-state index contributed by atoms with van der Waals surface area (Å²) in [4.78, 5) is 6.73. The van der Waals surface area contributed by atoms with E-state index in [2.05, 4.69) is 16.0 Å². The first-order valence-electron chi connectivity index (χ1n) is 9.90. The molecule has 0 spiro atoms. The number of piperidine rings is 1. The second kappa shape index (κ2) is 8.26. The minimum Gasteiger partial charge on any atom is -0.473 e. The highest BCUT2D eigenvalue weighted by atomic mass is 19.1. The van der Waals surface area contributed by atoms with Gasteiger partial charge in [0.25, 0.3) is 0 Å². The van der Waals surface area contributed by atoms with Crippen LogP contribution < -0.4 is 10.5 Å². The summed E-state index contributed by atoms with van der Waals surface area (Å²) < 4.78 is 19.6. The van der Waals surface area contributed by atoms with Gasteiger partial charge in [0, 0.05) is 30.9 Å². The lowest BCUT2D eigenvalue weighted by molar-refractivity contribution is 0.0656. The van der Waals surface area contributed by atoms with E-state index in [-0.39, 0.29) is 24.0 Å². The predicted molar refractivity (Wildman–Crippen MR) is 104 cm³/mol. The van der Waals surface area contributed by atoms with Crippen LogP contribution in [-0.4, -0.2) is 41.2 Å². The number of ether oxygens (including phenoxy) is 1. The van der Waals surface area contributed by atoms with Gasteiger partial charge in [0.15, 0.2) is 0 Å². The van der Waals surface area contributed by atoms with Gasteiger partial charge in [-0.25, -0.2) is 9.37 Å². The molecule has 0 amide bonds. The number of hydrogen-bond donors (Lipinski definition) is 1. The van der Waals surface area contributed by atoms with Crippen molar-refractivity contribution in [1.82, 2.24) is 9.88 Å². The van der Waals surface area contributed by atoms with Crippen LogP contribution >= 0.6 is 0 Å². The zero-order chi connectivity index (χ0) is 19.5. The Morgan fingerprint density at radius 3 is 2.68 bits per heavy atom. The molecular formula is C22H25FN4O. The van der Waals surface area contributed by atoms with Crippen LogP contribution in [0.15, 0.2) is 42.6 Å². The zero-order valence-electron chi connectivity index (χ0n) is 15.8. The van der Waals surface area contributed by atoms with Crippen LogP contribution in [0, 0.1) is 17.1 Å². The van der Waals surface area contributed by atoms with Crippen molar-refractivity contribution < 1.29 is 9.13 Å². The lowest BCUT2D eigenvalue weighted by Crippen LogP contribution is -2.51. The van der Waals surface area contributed by atoms with Crippen LogP contribution in [0.5, 0.6) is 5.88 Å². The molecule has 4 atom stereocenters. The van der Waals surface area contributed by atoms with Crippen molar-refractivity contribution in [2.24, 2.45) is 5.73 Å². The standard InChI is InChI=1S/C22H25FN4O/c23-18-6-4-16(5-7-18)17-10-20(27-9-1-2-19(25)14-27)21(11-17)28-22-8-3-15(12-24)13-26-22/h3-8,13,17,19-21H,1-2,9-11,14,25H2/t17?,19-,20?,21?/m1/s1. The van der Waals surface area contributed by atoms with E-state index in [9.17, 15) is 4.39 Å². The summed E-state index contributed by atoms with van der Waals surface area (Å²) >= 11 is 0. The fourth-order valence-electron chi connectivity index (χ4n) is 4.51. The smallest absolute Gasteiger partial charge is 0.213 e. The predicted octanol–water partition coefficient (Wildman–Crippen LogP) is 3.21. The number of pyridine rings is 1. The maximum Gasteiger partial charge on any atom is 0.213 e. The van der Waals surface area contributed by atoms with Crippen LogP contribution in [0.1, 0.15) is 42.7 Å². The van der Waals surface area contributed by atoms with Crippen molar-refractivity contribution in [3.63, 3.8) is 0 Å². The van der Waals surface area contributed by atoms with Gasteiger partial charge in [-0.1, -0.05) is 12.1 Å². The second-order valence-corrected chi connectivity index (χ2v) is 7.84. The van der Waals surface area contributed by atoms with Crippen molar-refractivity contribution in [2.75, 3.05) is 13.1 Å². The molecule has 146 valence electrons. The maximum absolute atomic E-state index is 13.3. The largest absolute Gasteiger partial charge is 0.473 e. The van der Waals surface area contributed by atoms with Crippen molar-refractivity contribution in [1.29, 1.82) is 5.26 Å². The first-order chi connectivity index (χ1) is 13.6. The molecule has 0 radical (unpaired) electrons. The van der Waals surface area contributed by atoms with Gasteiger partial charge < -0.3 is 10.5 Å². The summed E-state index contributed by atoms with van der Waals surface area (Å²) in [6, 6.07) is 12.8. The molecule has 5 nitrogen and oxygen atoms in total. The summed E-state index contributed by atoms with van der Waals surface area (Å²) in [5, 5.41) is 8.95. The van der Waals surface area contributed by atoms with Gasteiger partial charge >= 0.3 is 0 Å². The van der Waals surface area contributed by atoms with Crippen LogP contribution in [-0.2, 0) is 0 Å². The van der Waals surface area contributed by atoms with Crippen LogP contribution in [0.4, 0.5) is 4.39 Å². The highest BCUT2D eigenvalue weighted by molar-refractivity contribution is 5.29. The number of benzene rings is 1. The molecule has 2 N–H and O–H groups in total. The third kappa shape index (κ3) is 4.16. The van der Waals surface area contributed by atoms with Gasteiger partial charge in [0.05, 0.1) is 5.56 Å². The normalized spacial score (nSPS) is 28.0.